The lowest BCUT2D eigenvalue weighted by Crippen LogP contribution is -2.15. The van der Waals surface area contributed by atoms with E-state index in [2.05, 4.69) is 172 Å². The van der Waals surface area contributed by atoms with Crippen molar-refractivity contribution in [1.29, 1.82) is 0 Å². The molecule has 0 aromatic heterocycles. The molecule has 0 saturated heterocycles. The first-order chi connectivity index (χ1) is 22.1. The molecule has 0 spiro atoms. The summed E-state index contributed by atoms with van der Waals surface area (Å²) in [6, 6.07) is 58.2. The van der Waals surface area contributed by atoms with Gasteiger partial charge in [0.15, 0.2) is 0 Å². The van der Waals surface area contributed by atoms with Crippen LogP contribution in [0.4, 0.5) is 0 Å². The second kappa shape index (κ2) is 9.78. The zero-order chi connectivity index (χ0) is 30.1. The van der Waals surface area contributed by atoms with Gasteiger partial charge in [0.25, 0.3) is 0 Å². The molecule has 0 atom stereocenters. The van der Waals surface area contributed by atoms with Crippen LogP contribution in [0, 0.1) is 0 Å². The predicted molar refractivity (Wildman–Crippen MR) is 193 cm³/mol. The molecule has 1 aliphatic carbocycles. The minimum absolute atomic E-state index is 0.162. The van der Waals surface area contributed by atoms with Gasteiger partial charge in [0.05, 0.1) is 0 Å². The Kier molecular flexibility index (Phi) is 5.64. The number of hydrogen-bond acceptors (Lipinski definition) is 0. The highest BCUT2D eigenvalue weighted by Crippen LogP contribution is 2.54. The largest absolute Gasteiger partial charge is 0.0622 e. The van der Waals surface area contributed by atoms with Crippen LogP contribution in [0.3, 0.4) is 0 Å². The van der Waals surface area contributed by atoms with Crippen molar-refractivity contribution in [3.8, 4) is 44.5 Å². The first kappa shape index (κ1) is 26.0. The van der Waals surface area contributed by atoms with Crippen LogP contribution in [-0.4, -0.2) is 0 Å². The molecule has 8 aromatic rings. The molecule has 0 aliphatic heterocycles. The van der Waals surface area contributed by atoms with Gasteiger partial charge in [-0.15, -0.1) is 0 Å². The maximum atomic E-state index is 2.46. The fourth-order valence-electron chi connectivity index (χ4n) is 7.87. The summed E-state index contributed by atoms with van der Waals surface area (Å²) in [5, 5.41) is 8.05. The smallest absolute Gasteiger partial charge is 0.0165 e. The summed E-state index contributed by atoms with van der Waals surface area (Å²) in [6.45, 7) is 4.83. The van der Waals surface area contributed by atoms with E-state index >= 15 is 0 Å². The van der Waals surface area contributed by atoms with E-state index in [1.807, 2.05) is 0 Å². The molecule has 0 heteroatoms. The minimum Gasteiger partial charge on any atom is -0.0622 e. The lowest BCUT2D eigenvalue weighted by Gasteiger charge is -2.25. The van der Waals surface area contributed by atoms with Crippen molar-refractivity contribution < 1.29 is 0 Å². The zero-order valence-corrected chi connectivity index (χ0v) is 25.5. The fourth-order valence-corrected chi connectivity index (χ4v) is 7.87. The van der Waals surface area contributed by atoms with E-state index < -0.39 is 0 Å². The molecule has 1 aliphatic rings. The summed E-state index contributed by atoms with van der Waals surface area (Å²) in [5.74, 6) is 0. The molecule has 0 nitrogen and oxygen atoms in total. The first-order valence-electron chi connectivity index (χ1n) is 15.9. The molecular weight excluding hydrogens is 540 g/mol. The van der Waals surface area contributed by atoms with Crippen LogP contribution in [0.2, 0.25) is 0 Å². The van der Waals surface area contributed by atoms with Gasteiger partial charge in [-0.2, -0.15) is 0 Å². The van der Waals surface area contributed by atoms with Crippen LogP contribution < -0.4 is 0 Å². The third kappa shape index (κ3) is 3.92. The Bertz CT molecular complexity index is 2340. The third-order valence-electron chi connectivity index (χ3n) is 10.00. The number of benzene rings is 8. The molecular formula is C45H32. The number of rotatable bonds is 3. The van der Waals surface area contributed by atoms with E-state index in [9.17, 15) is 0 Å². The maximum absolute atomic E-state index is 2.46. The van der Waals surface area contributed by atoms with Crippen LogP contribution >= 0.6 is 0 Å². The molecule has 0 fully saturated rings. The van der Waals surface area contributed by atoms with E-state index in [0.29, 0.717) is 0 Å². The predicted octanol–water partition coefficient (Wildman–Crippen LogP) is 12.5. The summed E-state index contributed by atoms with van der Waals surface area (Å²) in [5.41, 5.74) is 12.8. The maximum Gasteiger partial charge on any atom is 0.0165 e. The Morgan fingerprint density at radius 2 is 0.778 bits per heavy atom. The van der Waals surface area contributed by atoms with Crippen molar-refractivity contribution in [1.82, 2.24) is 0 Å². The lowest BCUT2D eigenvalue weighted by molar-refractivity contribution is 0.667. The van der Waals surface area contributed by atoms with Gasteiger partial charge in [0.1, 0.15) is 0 Å². The molecule has 45 heavy (non-hydrogen) atoms. The Balaban J connectivity index is 1.27. The molecule has 0 heterocycles. The topological polar surface area (TPSA) is 0 Å². The van der Waals surface area contributed by atoms with Crippen LogP contribution in [0.1, 0.15) is 25.0 Å². The standard InChI is InChI=1S/C45H32/c1-45(2)42-28-31(34-26-32(29-13-5-3-6-14-29)25-33(27-34)30-15-7-4-8-16-30)21-22-38(42)41-24-23-40-37-19-10-9-17-35(37)36-18-11-12-20-39(36)43(40)44(41)45/h3-28H,1-2H3. The molecule has 0 saturated carbocycles. The summed E-state index contributed by atoms with van der Waals surface area (Å²) < 4.78 is 0. The summed E-state index contributed by atoms with van der Waals surface area (Å²) in [6.07, 6.45) is 0. The quantitative estimate of drug-likeness (QED) is 0.185. The van der Waals surface area contributed by atoms with Gasteiger partial charge in [-0.05, 0) is 112 Å². The highest BCUT2D eigenvalue weighted by atomic mass is 14.4. The SMILES string of the molecule is CC1(C)c2cc(-c3cc(-c4ccccc4)cc(-c4ccccc4)c3)ccc2-c2ccc3c4ccccc4c4ccccc4c3c21. The van der Waals surface area contributed by atoms with Gasteiger partial charge < -0.3 is 0 Å². The van der Waals surface area contributed by atoms with Gasteiger partial charge in [-0.25, -0.2) is 0 Å². The second-order valence-corrected chi connectivity index (χ2v) is 12.9. The minimum atomic E-state index is -0.162. The van der Waals surface area contributed by atoms with Crippen LogP contribution in [0.15, 0.2) is 158 Å². The van der Waals surface area contributed by atoms with Crippen LogP contribution in [0.25, 0.3) is 76.8 Å². The van der Waals surface area contributed by atoms with Gasteiger partial charge in [0, 0.05) is 5.41 Å². The van der Waals surface area contributed by atoms with Crippen molar-refractivity contribution in [2.45, 2.75) is 19.3 Å². The zero-order valence-electron chi connectivity index (χ0n) is 25.5. The molecule has 0 bridgehead atoms. The Hall–Kier alpha value is -5.46. The monoisotopic (exact) mass is 572 g/mol. The van der Waals surface area contributed by atoms with Crippen LogP contribution in [0.5, 0.6) is 0 Å². The summed E-state index contributed by atoms with van der Waals surface area (Å²) in [4.78, 5) is 0. The van der Waals surface area contributed by atoms with E-state index in [4.69, 9.17) is 0 Å². The molecule has 212 valence electrons. The van der Waals surface area contributed by atoms with Crippen molar-refractivity contribution in [2.75, 3.05) is 0 Å². The highest BCUT2D eigenvalue weighted by Gasteiger charge is 2.38. The Morgan fingerprint density at radius 3 is 1.36 bits per heavy atom. The summed E-state index contributed by atoms with van der Waals surface area (Å²) in [7, 11) is 0. The normalized spacial score (nSPS) is 13.3. The van der Waals surface area contributed by atoms with E-state index in [1.54, 1.807) is 0 Å². The second-order valence-electron chi connectivity index (χ2n) is 12.9. The van der Waals surface area contributed by atoms with Crippen molar-refractivity contribution in [3.63, 3.8) is 0 Å². The average Bonchev–Trinajstić information content (AvgIpc) is 3.34. The Labute approximate surface area is 264 Å². The van der Waals surface area contributed by atoms with Gasteiger partial charge >= 0.3 is 0 Å². The van der Waals surface area contributed by atoms with Gasteiger partial charge in [-0.1, -0.05) is 147 Å². The van der Waals surface area contributed by atoms with Gasteiger partial charge in [0.2, 0.25) is 0 Å². The van der Waals surface area contributed by atoms with Gasteiger partial charge in [-0.3, -0.25) is 0 Å². The van der Waals surface area contributed by atoms with Crippen molar-refractivity contribution in [2.24, 2.45) is 0 Å². The van der Waals surface area contributed by atoms with Crippen molar-refractivity contribution in [3.05, 3.63) is 169 Å². The van der Waals surface area contributed by atoms with E-state index in [0.717, 1.165) is 0 Å². The molecule has 0 N–H and O–H groups in total. The number of hydrogen-bond donors (Lipinski definition) is 0. The average molecular weight is 573 g/mol. The summed E-state index contributed by atoms with van der Waals surface area (Å²) >= 11 is 0. The molecule has 0 radical (unpaired) electrons. The molecule has 8 aromatic carbocycles. The van der Waals surface area contributed by atoms with E-state index in [-0.39, 0.29) is 5.41 Å². The highest BCUT2D eigenvalue weighted by molar-refractivity contribution is 6.27. The Morgan fingerprint density at radius 1 is 0.333 bits per heavy atom. The fraction of sp³-hybridized carbons (Fsp3) is 0.0667. The van der Waals surface area contributed by atoms with E-state index in [1.165, 1.54) is 88.0 Å². The first-order valence-corrected chi connectivity index (χ1v) is 15.9. The lowest BCUT2D eigenvalue weighted by atomic mass is 9.78. The van der Waals surface area contributed by atoms with Crippen molar-refractivity contribution >= 4 is 32.3 Å². The number of fused-ring (bicyclic) bond motifs is 10. The molecule has 0 unspecified atom stereocenters. The molecule has 0 amide bonds. The molecule has 9 rings (SSSR count). The van der Waals surface area contributed by atoms with Crippen LogP contribution in [-0.2, 0) is 5.41 Å². The third-order valence-corrected chi connectivity index (χ3v) is 10.00.